The predicted molar refractivity (Wildman–Crippen MR) is 64.1 cm³/mol. The van der Waals surface area contributed by atoms with Gasteiger partial charge in [0.05, 0.1) is 17.4 Å². The lowest BCUT2D eigenvalue weighted by Crippen LogP contribution is -2.16. The number of ether oxygens (including phenoxy) is 1. The standard InChI is InChI=1S/C10H13ClFNO3S/c11-9-7-8(12)3-4-10(9)16-5-1-2-6-17(13,14)15/h3-4,7H,1-2,5-6H2,(H2,13,14,15). The highest BCUT2D eigenvalue weighted by molar-refractivity contribution is 7.89. The Bertz CT molecular complexity index is 478. The van der Waals surface area contributed by atoms with Gasteiger partial charge in [0.15, 0.2) is 0 Å². The molecule has 17 heavy (non-hydrogen) atoms. The quantitative estimate of drug-likeness (QED) is 0.810. The maximum atomic E-state index is 12.7. The van der Waals surface area contributed by atoms with E-state index in [1.807, 2.05) is 0 Å². The second-order valence-electron chi connectivity index (χ2n) is 3.50. The second-order valence-corrected chi connectivity index (χ2v) is 5.64. The first kappa shape index (κ1) is 14.2. The molecule has 4 nitrogen and oxygen atoms in total. The molecule has 0 atom stereocenters. The smallest absolute Gasteiger partial charge is 0.209 e. The molecule has 0 fully saturated rings. The van der Waals surface area contributed by atoms with E-state index in [9.17, 15) is 12.8 Å². The van der Waals surface area contributed by atoms with Crippen molar-refractivity contribution in [3.05, 3.63) is 29.0 Å². The third-order valence-electron chi connectivity index (χ3n) is 1.97. The lowest BCUT2D eigenvalue weighted by Gasteiger charge is -2.07. The molecule has 96 valence electrons. The minimum atomic E-state index is -3.41. The average molecular weight is 282 g/mol. The molecule has 0 spiro atoms. The number of halogens is 2. The summed E-state index contributed by atoms with van der Waals surface area (Å²) in [5.41, 5.74) is 0. The summed E-state index contributed by atoms with van der Waals surface area (Å²) < 4.78 is 39.2. The normalized spacial score (nSPS) is 11.5. The molecule has 0 amide bonds. The molecule has 0 aliphatic heterocycles. The summed E-state index contributed by atoms with van der Waals surface area (Å²) in [6, 6.07) is 3.82. The lowest BCUT2D eigenvalue weighted by atomic mass is 10.3. The molecule has 0 aliphatic rings. The monoisotopic (exact) mass is 281 g/mol. The molecule has 1 aromatic rings. The Morgan fingerprint density at radius 2 is 2.06 bits per heavy atom. The van der Waals surface area contributed by atoms with Crippen LogP contribution in [0.2, 0.25) is 5.02 Å². The zero-order valence-electron chi connectivity index (χ0n) is 9.03. The van der Waals surface area contributed by atoms with Crippen molar-refractivity contribution in [3.63, 3.8) is 0 Å². The molecule has 2 N–H and O–H groups in total. The van der Waals surface area contributed by atoms with Gasteiger partial charge in [0, 0.05) is 0 Å². The SMILES string of the molecule is NS(=O)(=O)CCCCOc1ccc(F)cc1Cl. The maximum absolute atomic E-state index is 12.7. The van der Waals surface area contributed by atoms with E-state index in [0.29, 0.717) is 25.2 Å². The first-order chi connectivity index (χ1) is 7.88. The summed E-state index contributed by atoms with van der Waals surface area (Å²) in [4.78, 5) is 0. The third kappa shape index (κ3) is 5.86. The van der Waals surface area contributed by atoms with Crippen molar-refractivity contribution in [2.24, 2.45) is 5.14 Å². The van der Waals surface area contributed by atoms with E-state index in [1.165, 1.54) is 12.1 Å². The third-order valence-corrected chi connectivity index (χ3v) is 3.13. The first-order valence-corrected chi connectivity index (χ1v) is 7.06. The predicted octanol–water partition coefficient (Wildman–Crippen LogP) is 1.93. The van der Waals surface area contributed by atoms with Crippen molar-refractivity contribution in [2.75, 3.05) is 12.4 Å². The van der Waals surface area contributed by atoms with Crippen LogP contribution in [0.3, 0.4) is 0 Å². The molecule has 0 heterocycles. The molecule has 0 saturated carbocycles. The van der Waals surface area contributed by atoms with Gasteiger partial charge in [0.2, 0.25) is 10.0 Å². The summed E-state index contributed by atoms with van der Waals surface area (Å²) in [5, 5.41) is 5.03. The Balaban J connectivity index is 2.32. The summed E-state index contributed by atoms with van der Waals surface area (Å²) in [6.07, 6.45) is 0.946. The maximum Gasteiger partial charge on any atom is 0.209 e. The fourth-order valence-corrected chi connectivity index (χ4v) is 2.01. The highest BCUT2D eigenvalue weighted by Crippen LogP contribution is 2.24. The van der Waals surface area contributed by atoms with Gasteiger partial charge >= 0.3 is 0 Å². The fourth-order valence-electron chi connectivity index (χ4n) is 1.18. The molecule has 0 bridgehead atoms. The van der Waals surface area contributed by atoms with Crippen LogP contribution in [0, 0.1) is 5.82 Å². The van der Waals surface area contributed by atoms with E-state index in [0.717, 1.165) is 6.07 Å². The number of sulfonamides is 1. The van der Waals surface area contributed by atoms with Gasteiger partial charge in [-0.05, 0) is 31.0 Å². The highest BCUT2D eigenvalue weighted by Gasteiger charge is 2.04. The van der Waals surface area contributed by atoms with Gasteiger partial charge in [-0.25, -0.2) is 17.9 Å². The number of nitrogens with two attached hydrogens (primary N) is 1. The number of hydrogen-bond acceptors (Lipinski definition) is 3. The molecule has 1 rings (SSSR count). The van der Waals surface area contributed by atoms with Crippen molar-refractivity contribution in [1.29, 1.82) is 0 Å². The van der Waals surface area contributed by atoms with E-state index >= 15 is 0 Å². The van der Waals surface area contributed by atoms with E-state index < -0.39 is 15.8 Å². The Kier molecular flexibility index (Phi) is 5.17. The van der Waals surface area contributed by atoms with Crippen LogP contribution in [-0.4, -0.2) is 20.8 Å². The summed E-state index contributed by atoms with van der Waals surface area (Å²) >= 11 is 5.73. The Hall–Kier alpha value is -0.850. The van der Waals surface area contributed by atoms with Crippen LogP contribution in [0.5, 0.6) is 5.75 Å². The Morgan fingerprint density at radius 1 is 1.35 bits per heavy atom. The van der Waals surface area contributed by atoms with E-state index in [1.54, 1.807) is 0 Å². The van der Waals surface area contributed by atoms with Crippen molar-refractivity contribution in [3.8, 4) is 5.75 Å². The largest absolute Gasteiger partial charge is 0.492 e. The number of benzene rings is 1. The Labute approximate surface area is 105 Å². The van der Waals surface area contributed by atoms with Gasteiger partial charge < -0.3 is 4.74 Å². The van der Waals surface area contributed by atoms with Gasteiger partial charge in [-0.3, -0.25) is 0 Å². The molecular weight excluding hydrogens is 269 g/mol. The molecule has 7 heteroatoms. The van der Waals surface area contributed by atoms with Crippen molar-refractivity contribution in [1.82, 2.24) is 0 Å². The minimum absolute atomic E-state index is 0.0759. The van der Waals surface area contributed by atoms with Crippen LogP contribution in [0.25, 0.3) is 0 Å². The van der Waals surface area contributed by atoms with Gasteiger partial charge in [-0.2, -0.15) is 0 Å². The summed E-state index contributed by atoms with van der Waals surface area (Å²) in [6.45, 7) is 0.306. The van der Waals surface area contributed by atoms with Crippen molar-refractivity contribution in [2.45, 2.75) is 12.8 Å². The van der Waals surface area contributed by atoms with Gasteiger partial charge in [-0.1, -0.05) is 11.6 Å². The molecular formula is C10H13ClFNO3S. The number of rotatable bonds is 6. The molecule has 0 saturated heterocycles. The van der Waals surface area contributed by atoms with Gasteiger partial charge in [0.25, 0.3) is 0 Å². The second kappa shape index (κ2) is 6.18. The van der Waals surface area contributed by atoms with Crippen LogP contribution in [0.4, 0.5) is 4.39 Å². The topological polar surface area (TPSA) is 69.4 Å². The number of primary sulfonamides is 1. The summed E-state index contributed by atoms with van der Waals surface area (Å²) in [7, 11) is -3.41. The van der Waals surface area contributed by atoms with Crippen molar-refractivity contribution >= 4 is 21.6 Å². The van der Waals surface area contributed by atoms with Crippen LogP contribution in [0.15, 0.2) is 18.2 Å². The van der Waals surface area contributed by atoms with Crippen molar-refractivity contribution < 1.29 is 17.5 Å². The zero-order chi connectivity index (χ0) is 12.9. The average Bonchev–Trinajstić information content (AvgIpc) is 2.18. The van der Waals surface area contributed by atoms with Crippen LogP contribution in [0.1, 0.15) is 12.8 Å². The molecule has 0 aliphatic carbocycles. The number of hydrogen-bond donors (Lipinski definition) is 1. The van der Waals surface area contributed by atoms with Crippen LogP contribution >= 0.6 is 11.6 Å². The van der Waals surface area contributed by atoms with Crippen LogP contribution in [-0.2, 0) is 10.0 Å². The van der Waals surface area contributed by atoms with E-state index in [-0.39, 0.29) is 10.8 Å². The van der Waals surface area contributed by atoms with Gasteiger partial charge in [-0.15, -0.1) is 0 Å². The highest BCUT2D eigenvalue weighted by atomic mass is 35.5. The molecule has 0 radical (unpaired) electrons. The first-order valence-electron chi connectivity index (χ1n) is 4.97. The zero-order valence-corrected chi connectivity index (χ0v) is 10.6. The summed E-state index contributed by atoms with van der Waals surface area (Å²) in [5.74, 6) is -0.131. The van der Waals surface area contributed by atoms with Crippen LogP contribution < -0.4 is 9.88 Å². The number of unbranched alkanes of at least 4 members (excludes halogenated alkanes) is 1. The molecule has 0 unspecified atom stereocenters. The Morgan fingerprint density at radius 3 is 2.65 bits per heavy atom. The van der Waals surface area contributed by atoms with E-state index in [2.05, 4.69) is 0 Å². The fraction of sp³-hybridized carbons (Fsp3) is 0.400. The van der Waals surface area contributed by atoms with E-state index in [4.69, 9.17) is 21.5 Å². The minimum Gasteiger partial charge on any atom is -0.492 e. The molecule has 0 aromatic heterocycles. The molecule has 1 aromatic carbocycles. The lowest BCUT2D eigenvalue weighted by molar-refractivity contribution is 0.309. The van der Waals surface area contributed by atoms with Gasteiger partial charge in [0.1, 0.15) is 11.6 Å².